The van der Waals surface area contributed by atoms with Gasteiger partial charge in [0.05, 0.1) is 21.4 Å². The molecule has 1 aliphatic rings. The van der Waals surface area contributed by atoms with Crippen molar-refractivity contribution in [2.45, 2.75) is 12.0 Å². The third-order valence-corrected chi connectivity index (χ3v) is 14.1. The first kappa shape index (κ1) is 37.1. The van der Waals surface area contributed by atoms with E-state index in [1.165, 1.54) is 86.6 Å². The molecule has 1 atom stereocenters. The summed E-state index contributed by atoms with van der Waals surface area (Å²) in [5, 5.41) is 5.05. The van der Waals surface area contributed by atoms with Crippen LogP contribution in [0.3, 0.4) is 0 Å². The van der Waals surface area contributed by atoms with Gasteiger partial charge in [0, 0.05) is 37.6 Å². The summed E-state index contributed by atoms with van der Waals surface area (Å²) < 4.78 is 4.95. The zero-order valence-corrected chi connectivity index (χ0v) is 35.4. The number of aromatic nitrogens is 1. The van der Waals surface area contributed by atoms with Gasteiger partial charge in [-0.1, -0.05) is 188 Å². The highest BCUT2D eigenvalue weighted by Crippen LogP contribution is 2.56. The topological polar surface area (TPSA) is 8.17 Å². The summed E-state index contributed by atoms with van der Waals surface area (Å²) in [4.78, 5) is 2.69. The molecule has 63 heavy (non-hydrogen) atoms. The first-order valence-electron chi connectivity index (χ1n) is 21.7. The van der Waals surface area contributed by atoms with Gasteiger partial charge in [-0.3, -0.25) is 0 Å². The van der Waals surface area contributed by atoms with Crippen LogP contribution in [0, 0.1) is 0 Å². The molecule has 0 bridgehead atoms. The van der Waals surface area contributed by atoms with Crippen molar-refractivity contribution in [3.8, 4) is 27.9 Å². The van der Waals surface area contributed by atoms with Crippen LogP contribution in [0.4, 0.5) is 11.4 Å². The lowest BCUT2D eigenvalue weighted by Crippen LogP contribution is -2.45. The maximum Gasteiger partial charge on any atom is 0.100 e. The van der Waals surface area contributed by atoms with Crippen LogP contribution in [0.5, 0.6) is 0 Å². The number of nitrogens with zero attached hydrogens (tertiary/aromatic N) is 2. The number of rotatable bonds is 8. The second kappa shape index (κ2) is 15.3. The number of allylic oxidation sites excluding steroid dienone is 2. The molecule has 9 aromatic carbocycles. The molecule has 11 aromatic rings. The Morgan fingerprint density at radius 1 is 0.460 bits per heavy atom. The standard InChI is InChI=1S/C60H42N2S/c1-4-20-42(21-5-1)48-28-10-13-33-54(48)60(39-17-16-32-53(60)43-22-6-2-7-23-43)62(57-35-19-31-51-50-30-12-15-36-58(50)63-59(51)57)47-27-18-24-44(40-47)45-37-38-56-52(41-45)49-29-11-14-34-55(49)61(56)46-25-8-3-9-26-46/h1-38,40-41H,39H2. The Morgan fingerprint density at radius 3 is 1.94 bits per heavy atom. The van der Waals surface area contributed by atoms with Gasteiger partial charge in [0.25, 0.3) is 0 Å². The van der Waals surface area contributed by atoms with Crippen molar-refractivity contribution < 1.29 is 0 Å². The van der Waals surface area contributed by atoms with E-state index in [4.69, 9.17) is 0 Å². The van der Waals surface area contributed by atoms with Crippen LogP contribution in [-0.2, 0) is 5.54 Å². The van der Waals surface area contributed by atoms with Gasteiger partial charge in [-0.05, 0) is 100.0 Å². The number of fused-ring (bicyclic) bond motifs is 6. The van der Waals surface area contributed by atoms with E-state index in [0.29, 0.717) is 0 Å². The average molecular weight is 823 g/mol. The molecule has 2 heterocycles. The SMILES string of the molecule is C1=CCC(c2ccccc2-c2ccccc2)(N(c2cccc(-c3ccc4c(c3)c3ccccc3n4-c3ccccc3)c2)c2cccc3c2sc2ccccc23)C(c2ccccc2)=C1. The van der Waals surface area contributed by atoms with Crippen molar-refractivity contribution in [2.24, 2.45) is 0 Å². The Hall–Kier alpha value is -7.72. The summed E-state index contributed by atoms with van der Waals surface area (Å²) in [5.74, 6) is 0. The van der Waals surface area contributed by atoms with Crippen molar-refractivity contribution in [3.63, 3.8) is 0 Å². The van der Waals surface area contributed by atoms with E-state index in [-0.39, 0.29) is 0 Å². The minimum Gasteiger partial charge on any atom is -0.325 e. The van der Waals surface area contributed by atoms with Crippen LogP contribution in [0.25, 0.3) is 75.5 Å². The van der Waals surface area contributed by atoms with Gasteiger partial charge >= 0.3 is 0 Å². The summed E-state index contributed by atoms with van der Waals surface area (Å²) >= 11 is 1.89. The highest BCUT2D eigenvalue weighted by molar-refractivity contribution is 7.26. The highest BCUT2D eigenvalue weighted by atomic mass is 32.1. The summed E-state index contributed by atoms with van der Waals surface area (Å²) in [6.07, 6.45) is 7.74. The zero-order valence-electron chi connectivity index (χ0n) is 34.6. The minimum atomic E-state index is -0.668. The Labute approximate surface area is 371 Å². The van der Waals surface area contributed by atoms with Gasteiger partial charge in [0.1, 0.15) is 5.54 Å². The molecule has 0 spiro atoms. The number of hydrogen-bond donors (Lipinski definition) is 0. The van der Waals surface area contributed by atoms with E-state index >= 15 is 0 Å². The van der Waals surface area contributed by atoms with Crippen molar-refractivity contribution in [1.29, 1.82) is 0 Å². The first-order valence-corrected chi connectivity index (χ1v) is 22.6. The van der Waals surface area contributed by atoms with Crippen LogP contribution < -0.4 is 4.90 Å². The fourth-order valence-electron chi connectivity index (χ4n) is 10.2. The summed E-state index contributed by atoms with van der Waals surface area (Å²) in [7, 11) is 0. The quantitative estimate of drug-likeness (QED) is 0.148. The maximum atomic E-state index is 2.69. The smallest absolute Gasteiger partial charge is 0.100 e. The molecule has 298 valence electrons. The monoisotopic (exact) mass is 822 g/mol. The molecular weight excluding hydrogens is 781 g/mol. The van der Waals surface area contributed by atoms with Gasteiger partial charge in [0.15, 0.2) is 0 Å². The molecule has 1 unspecified atom stereocenters. The molecular formula is C60H42N2S. The van der Waals surface area contributed by atoms with Gasteiger partial charge in [-0.15, -0.1) is 11.3 Å². The van der Waals surface area contributed by atoms with Crippen LogP contribution in [-0.4, -0.2) is 4.57 Å². The molecule has 1 aliphatic carbocycles. The van der Waals surface area contributed by atoms with E-state index in [1.807, 2.05) is 11.3 Å². The van der Waals surface area contributed by atoms with E-state index in [1.54, 1.807) is 0 Å². The van der Waals surface area contributed by atoms with Gasteiger partial charge in [-0.2, -0.15) is 0 Å². The number of thiophene rings is 1. The normalized spacial score (nSPS) is 15.0. The second-order valence-corrected chi connectivity index (χ2v) is 17.5. The van der Waals surface area contributed by atoms with Crippen molar-refractivity contribution in [1.82, 2.24) is 4.57 Å². The van der Waals surface area contributed by atoms with E-state index in [2.05, 4.69) is 252 Å². The molecule has 0 amide bonds. The molecule has 2 nitrogen and oxygen atoms in total. The number of hydrogen-bond acceptors (Lipinski definition) is 2. The van der Waals surface area contributed by atoms with Crippen molar-refractivity contribution in [2.75, 3.05) is 4.90 Å². The van der Waals surface area contributed by atoms with E-state index < -0.39 is 5.54 Å². The molecule has 2 aromatic heterocycles. The van der Waals surface area contributed by atoms with Gasteiger partial charge in [0.2, 0.25) is 0 Å². The molecule has 3 heteroatoms. The summed E-state index contributed by atoms with van der Waals surface area (Å²) in [6, 6.07) is 82.6. The maximum absolute atomic E-state index is 2.69. The second-order valence-electron chi connectivity index (χ2n) is 16.4. The fourth-order valence-corrected chi connectivity index (χ4v) is 11.4. The average Bonchev–Trinajstić information content (AvgIpc) is 3.91. The Morgan fingerprint density at radius 2 is 1.10 bits per heavy atom. The lowest BCUT2D eigenvalue weighted by molar-refractivity contribution is 0.569. The molecule has 0 N–H and O–H groups in total. The van der Waals surface area contributed by atoms with Crippen molar-refractivity contribution >= 4 is 70.3 Å². The molecule has 0 aliphatic heterocycles. The molecule has 0 saturated heterocycles. The van der Waals surface area contributed by atoms with Crippen LogP contribution >= 0.6 is 11.3 Å². The van der Waals surface area contributed by atoms with Crippen molar-refractivity contribution in [3.05, 3.63) is 254 Å². The first-order chi connectivity index (χ1) is 31.3. The molecule has 12 rings (SSSR count). The highest BCUT2D eigenvalue weighted by Gasteiger charge is 2.46. The molecule has 0 fully saturated rings. The van der Waals surface area contributed by atoms with E-state index in [0.717, 1.165) is 17.8 Å². The number of benzene rings is 9. The lowest BCUT2D eigenvalue weighted by atomic mass is 9.70. The zero-order chi connectivity index (χ0) is 41.7. The largest absolute Gasteiger partial charge is 0.325 e. The Kier molecular flexibility index (Phi) is 9.02. The van der Waals surface area contributed by atoms with E-state index in [9.17, 15) is 0 Å². The van der Waals surface area contributed by atoms with Crippen LogP contribution in [0.15, 0.2) is 243 Å². The Bertz CT molecular complexity index is 3540. The van der Waals surface area contributed by atoms with Gasteiger partial charge in [-0.25, -0.2) is 0 Å². The number of anilines is 2. The molecule has 0 saturated carbocycles. The third-order valence-electron chi connectivity index (χ3n) is 12.9. The van der Waals surface area contributed by atoms with Crippen LogP contribution in [0.2, 0.25) is 0 Å². The lowest BCUT2D eigenvalue weighted by Gasteiger charge is -2.49. The molecule has 0 radical (unpaired) electrons. The summed E-state index contributed by atoms with van der Waals surface area (Å²) in [5.41, 5.74) is 13.7. The minimum absolute atomic E-state index is 0.668. The van der Waals surface area contributed by atoms with Crippen LogP contribution in [0.1, 0.15) is 17.5 Å². The fraction of sp³-hybridized carbons (Fsp3) is 0.0333. The number of para-hydroxylation sites is 2. The Balaban J connectivity index is 1.15. The third kappa shape index (κ3) is 6.07. The summed E-state index contributed by atoms with van der Waals surface area (Å²) in [6.45, 7) is 0. The van der Waals surface area contributed by atoms with Gasteiger partial charge < -0.3 is 9.47 Å². The predicted octanol–water partition coefficient (Wildman–Crippen LogP) is 16.6. The predicted molar refractivity (Wildman–Crippen MR) is 269 cm³/mol.